The van der Waals surface area contributed by atoms with E-state index in [9.17, 15) is 18.0 Å². The zero-order valence-electron chi connectivity index (χ0n) is 19.8. The molecule has 2 atom stereocenters. The second-order valence-corrected chi connectivity index (χ2v) is 7.95. The molecule has 12 heteroatoms. The summed E-state index contributed by atoms with van der Waals surface area (Å²) in [5.41, 5.74) is 1.75. The standard InChI is InChI=1S/C23H21F2N5O4.CH3F/c1-32-20-15(4-3-5-16(20)24)18-8-19-21(29-28-18)26-10-13-7-14(11-30(13)19)34-22-17(25)6-12(9-27-22)23(31)33-2;1-2/h3-6,8-9,13-14H,7,10-11H2,1-2H3,(H,26,29);1H3. The predicted octanol–water partition coefficient (Wildman–Crippen LogP) is 3.65. The van der Waals surface area contributed by atoms with Gasteiger partial charge in [0, 0.05) is 24.7 Å². The Kier molecular flexibility index (Phi) is 7.41. The van der Waals surface area contributed by atoms with Crippen molar-refractivity contribution in [2.75, 3.05) is 44.7 Å². The summed E-state index contributed by atoms with van der Waals surface area (Å²) >= 11 is 0. The van der Waals surface area contributed by atoms with Gasteiger partial charge in [-0.2, -0.15) is 0 Å². The maximum absolute atomic E-state index is 14.5. The van der Waals surface area contributed by atoms with Crippen LogP contribution in [0.1, 0.15) is 16.8 Å². The molecule has 36 heavy (non-hydrogen) atoms. The molecule has 3 aromatic rings. The minimum absolute atomic E-state index is 0.00759. The molecule has 0 spiro atoms. The van der Waals surface area contributed by atoms with Gasteiger partial charge in [0.1, 0.15) is 6.10 Å². The van der Waals surface area contributed by atoms with E-state index in [1.165, 1.54) is 26.5 Å². The molecule has 1 aromatic carbocycles. The number of para-hydroxylation sites is 1. The summed E-state index contributed by atoms with van der Waals surface area (Å²) in [6, 6.07) is 7.56. The van der Waals surface area contributed by atoms with Crippen LogP contribution in [0.5, 0.6) is 11.6 Å². The molecule has 4 heterocycles. The van der Waals surface area contributed by atoms with Crippen molar-refractivity contribution in [1.82, 2.24) is 15.2 Å². The lowest BCUT2D eigenvalue weighted by atomic mass is 10.1. The number of methoxy groups -OCH3 is 2. The zero-order chi connectivity index (χ0) is 25.8. The number of hydrogen-bond donors (Lipinski definition) is 1. The number of fused-ring (bicyclic) bond motifs is 3. The van der Waals surface area contributed by atoms with Crippen molar-refractivity contribution in [3.05, 3.63) is 53.7 Å². The number of hydrogen-bond acceptors (Lipinski definition) is 9. The van der Waals surface area contributed by atoms with Gasteiger partial charge in [0.25, 0.3) is 5.88 Å². The first-order valence-corrected chi connectivity index (χ1v) is 11.0. The number of anilines is 2. The van der Waals surface area contributed by atoms with E-state index in [1.54, 1.807) is 12.1 Å². The normalized spacial score (nSPS) is 17.7. The Morgan fingerprint density at radius 1 is 1.14 bits per heavy atom. The first-order chi connectivity index (χ1) is 17.5. The van der Waals surface area contributed by atoms with E-state index in [0.29, 0.717) is 43.8 Å². The van der Waals surface area contributed by atoms with Gasteiger partial charge in [-0.1, -0.05) is 6.07 Å². The first-order valence-electron chi connectivity index (χ1n) is 11.0. The van der Waals surface area contributed by atoms with Crippen molar-refractivity contribution in [2.24, 2.45) is 0 Å². The van der Waals surface area contributed by atoms with Gasteiger partial charge in [0.15, 0.2) is 23.2 Å². The Bertz CT molecular complexity index is 1260. The number of aromatic nitrogens is 3. The van der Waals surface area contributed by atoms with Gasteiger partial charge in [-0.05, 0) is 24.3 Å². The van der Waals surface area contributed by atoms with Gasteiger partial charge >= 0.3 is 5.97 Å². The van der Waals surface area contributed by atoms with Crippen LogP contribution in [0.3, 0.4) is 0 Å². The number of rotatable bonds is 5. The summed E-state index contributed by atoms with van der Waals surface area (Å²) in [6.45, 7) is 1.08. The molecular formula is C24H24F3N5O4. The third-order valence-corrected chi connectivity index (χ3v) is 5.92. The molecule has 2 unspecified atom stereocenters. The van der Waals surface area contributed by atoms with E-state index in [0.717, 1.165) is 11.8 Å². The number of carbonyl (C=O) groups excluding carboxylic acids is 1. The lowest BCUT2D eigenvalue weighted by Gasteiger charge is -2.33. The average molecular weight is 503 g/mol. The van der Waals surface area contributed by atoms with E-state index in [1.807, 2.05) is 6.07 Å². The number of pyridine rings is 1. The molecule has 0 aliphatic carbocycles. The van der Waals surface area contributed by atoms with Crippen LogP contribution in [0.15, 0.2) is 36.5 Å². The molecule has 0 saturated carbocycles. The van der Waals surface area contributed by atoms with Crippen molar-refractivity contribution in [3.63, 3.8) is 0 Å². The highest BCUT2D eigenvalue weighted by atomic mass is 19.1. The predicted molar refractivity (Wildman–Crippen MR) is 125 cm³/mol. The molecule has 0 bridgehead atoms. The Morgan fingerprint density at radius 2 is 1.94 bits per heavy atom. The molecule has 0 amide bonds. The summed E-state index contributed by atoms with van der Waals surface area (Å²) in [5.74, 6) is -1.39. The quantitative estimate of drug-likeness (QED) is 0.523. The van der Waals surface area contributed by atoms with Crippen LogP contribution in [0.25, 0.3) is 11.3 Å². The van der Waals surface area contributed by atoms with Gasteiger partial charge in [0.05, 0.1) is 50.9 Å². The first kappa shape index (κ1) is 25.0. The van der Waals surface area contributed by atoms with Crippen molar-refractivity contribution in [1.29, 1.82) is 0 Å². The summed E-state index contributed by atoms with van der Waals surface area (Å²) < 4.78 is 53.8. The monoisotopic (exact) mass is 503 g/mol. The van der Waals surface area contributed by atoms with Gasteiger partial charge in [-0.3, -0.25) is 4.39 Å². The summed E-state index contributed by atoms with van der Waals surface area (Å²) in [4.78, 5) is 17.6. The molecule has 0 radical (unpaired) electrons. The number of alkyl halides is 1. The lowest BCUT2D eigenvalue weighted by Crippen LogP contribution is -2.40. The highest BCUT2D eigenvalue weighted by Crippen LogP contribution is 2.39. The largest absolute Gasteiger partial charge is 0.493 e. The Morgan fingerprint density at radius 3 is 2.67 bits per heavy atom. The lowest BCUT2D eigenvalue weighted by molar-refractivity contribution is 0.0599. The maximum Gasteiger partial charge on any atom is 0.339 e. The summed E-state index contributed by atoms with van der Waals surface area (Å²) in [6.07, 6.45) is 1.49. The van der Waals surface area contributed by atoms with Crippen LogP contribution in [0, 0.1) is 11.6 Å². The van der Waals surface area contributed by atoms with E-state index in [2.05, 4.69) is 30.1 Å². The SMILES string of the molecule is CF.COC(=O)c1cnc(OC2CC3CNc4nnc(-c5cccc(F)c5OC)cc4N3C2)c(F)c1. The summed E-state index contributed by atoms with van der Waals surface area (Å²) in [5, 5.41) is 11.8. The molecule has 190 valence electrons. The number of benzene rings is 1. The minimum atomic E-state index is -0.738. The fourth-order valence-corrected chi connectivity index (χ4v) is 4.34. The molecule has 2 aliphatic rings. The smallest absolute Gasteiger partial charge is 0.339 e. The second-order valence-electron chi connectivity index (χ2n) is 7.95. The van der Waals surface area contributed by atoms with Crippen LogP contribution >= 0.6 is 0 Å². The molecule has 2 aromatic heterocycles. The van der Waals surface area contributed by atoms with E-state index < -0.39 is 17.6 Å². The molecule has 1 saturated heterocycles. The van der Waals surface area contributed by atoms with Crippen molar-refractivity contribution >= 4 is 17.5 Å². The average Bonchev–Trinajstić information content (AvgIpc) is 3.33. The van der Waals surface area contributed by atoms with Gasteiger partial charge < -0.3 is 24.4 Å². The maximum atomic E-state index is 14.5. The molecule has 5 rings (SSSR count). The van der Waals surface area contributed by atoms with Crippen molar-refractivity contribution in [2.45, 2.75) is 18.6 Å². The van der Waals surface area contributed by atoms with Crippen molar-refractivity contribution < 1.29 is 32.2 Å². The van der Waals surface area contributed by atoms with E-state index >= 15 is 0 Å². The van der Waals surface area contributed by atoms with Crippen LogP contribution in [-0.2, 0) is 4.74 Å². The highest BCUT2D eigenvalue weighted by molar-refractivity contribution is 5.89. The van der Waals surface area contributed by atoms with Crippen LogP contribution < -0.4 is 19.7 Å². The number of esters is 1. The second kappa shape index (κ2) is 10.7. The van der Waals surface area contributed by atoms with E-state index in [4.69, 9.17) is 9.47 Å². The van der Waals surface area contributed by atoms with Gasteiger partial charge in [0.2, 0.25) is 0 Å². The van der Waals surface area contributed by atoms with Crippen LogP contribution in [0.2, 0.25) is 0 Å². The molecular weight excluding hydrogens is 479 g/mol. The van der Waals surface area contributed by atoms with E-state index in [-0.39, 0.29) is 29.3 Å². The van der Waals surface area contributed by atoms with Crippen LogP contribution in [0.4, 0.5) is 24.7 Å². The molecule has 1 fully saturated rings. The Hall–Kier alpha value is -4.09. The fourth-order valence-electron chi connectivity index (χ4n) is 4.34. The Balaban J connectivity index is 0.00000148. The fraction of sp³-hybridized carbons (Fsp3) is 0.333. The number of ether oxygens (including phenoxy) is 3. The van der Waals surface area contributed by atoms with Gasteiger partial charge in [-0.15, -0.1) is 10.2 Å². The zero-order valence-corrected chi connectivity index (χ0v) is 19.8. The minimum Gasteiger partial charge on any atom is -0.493 e. The molecule has 9 nitrogen and oxygen atoms in total. The Labute approximate surface area is 205 Å². The number of halogens is 3. The molecule has 1 N–H and O–H groups in total. The number of nitrogens with one attached hydrogen (secondary N) is 1. The van der Waals surface area contributed by atoms with Crippen LogP contribution in [-0.4, -0.2) is 67.8 Å². The third kappa shape index (κ3) is 4.70. The highest BCUT2D eigenvalue weighted by Gasteiger charge is 2.38. The number of carbonyl (C=O) groups is 1. The summed E-state index contributed by atoms with van der Waals surface area (Å²) in [7, 11) is 3.12. The van der Waals surface area contributed by atoms with Gasteiger partial charge in [-0.25, -0.2) is 18.6 Å². The molecule has 2 aliphatic heterocycles. The number of nitrogens with zero attached hydrogens (tertiary/aromatic N) is 4. The van der Waals surface area contributed by atoms with Crippen molar-refractivity contribution in [3.8, 4) is 22.9 Å². The topological polar surface area (TPSA) is 98.7 Å². The third-order valence-electron chi connectivity index (χ3n) is 5.92.